The van der Waals surface area contributed by atoms with E-state index >= 15 is 0 Å². The van der Waals surface area contributed by atoms with E-state index < -0.39 is 11.6 Å². The summed E-state index contributed by atoms with van der Waals surface area (Å²) >= 11 is 0. The van der Waals surface area contributed by atoms with Crippen LogP contribution in [0.4, 0.5) is 14.7 Å². The predicted molar refractivity (Wildman–Crippen MR) is 102 cm³/mol. The van der Waals surface area contributed by atoms with E-state index in [0.29, 0.717) is 12.4 Å². The topological polar surface area (TPSA) is 115 Å². The maximum atomic E-state index is 14.2. The normalized spacial score (nSPS) is 19.6. The van der Waals surface area contributed by atoms with Gasteiger partial charge in [-0.25, -0.2) is 18.7 Å². The second-order valence-corrected chi connectivity index (χ2v) is 7.42. The van der Waals surface area contributed by atoms with Gasteiger partial charge >= 0.3 is 0 Å². The molecule has 1 saturated heterocycles. The van der Waals surface area contributed by atoms with Crippen LogP contribution in [0.15, 0.2) is 28.9 Å². The Morgan fingerprint density at radius 1 is 1.27 bits per heavy atom. The van der Waals surface area contributed by atoms with Gasteiger partial charge in [0.05, 0.1) is 11.6 Å². The van der Waals surface area contributed by atoms with E-state index in [2.05, 4.69) is 20.2 Å². The van der Waals surface area contributed by atoms with E-state index in [4.69, 9.17) is 10.3 Å². The summed E-state index contributed by atoms with van der Waals surface area (Å²) in [6, 6.07) is 3.43. The number of carbonyl (C=O) groups excluding carboxylic acids is 1. The third-order valence-electron chi connectivity index (χ3n) is 5.49. The Kier molecular flexibility index (Phi) is 4.12. The van der Waals surface area contributed by atoms with Crippen molar-refractivity contribution in [3.8, 4) is 0 Å². The second kappa shape index (κ2) is 6.71. The molecule has 0 saturated carbocycles. The van der Waals surface area contributed by atoms with Gasteiger partial charge in [0.15, 0.2) is 17.3 Å². The fourth-order valence-electron chi connectivity index (χ4n) is 3.92. The van der Waals surface area contributed by atoms with Gasteiger partial charge < -0.3 is 15.2 Å². The van der Waals surface area contributed by atoms with Gasteiger partial charge in [0.25, 0.3) is 5.91 Å². The molecule has 30 heavy (non-hydrogen) atoms. The van der Waals surface area contributed by atoms with Gasteiger partial charge in [0.2, 0.25) is 11.7 Å². The Bertz CT molecular complexity index is 1270. The molecule has 11 heteroatoms. The molecule has 3 aromatic heterocycles. The molecule has 1 fully saturated rings. The van der Waals surface area contributed by atoms with E-state index in [0.717, 1.165) is 25.0 Å². The lowest BCUT2D eigenvalue weighted by molar-refractivity contribution is 0.0564. The number of likely N-dealkylation sites (tertiary alicyclic amines) is 1. The molecule has 0 aliphatic carbocycles. The van der Waals surface area contributed by atoms with E-state index in [9.17, 15) is 13.6 Å². The highest BCUT2D eigenvalue weighted by Crippen LogP contribution is 2.31. The average molecular weight is 413 g/mol. The molecule has 1 aliphatic heterocycles. The van der Waals surface area contributed by atoms with E-state index in [1.165, 1.54) is 16.8 Å². The number of halogens is 2. The van der Waals surface area contributed by atoms with E-state index in [-0.39, 0.29) is 46.1 Å². The number of benzene rings is 1. The van der Waals surface area contributed by atoms with Crippen LogP contribution in [0.25, 0.3) is 16.6 Å². The molecule has 1 aromatic carbocycles. The number of carbonyl (C=O) groups is 1. The summed E-state index contributed by atoms with van der Waals surface area (Å²) in [6.07, 6.45) is 2.90. The van der Waals surface area contributed by atoms with Crippen LogP contribution in [0.3, 0.4) is 0 Å². The molecule has 9 nitrogen and oxygen atoms in total. The summed E-state index contributed by atoms with van der Waals surface area (Å²) in [5.74, 6) is -1.46. The van der Waals surface area contributed by atoms with Gasteiger partial charge in [0, 0.05) is 30.6 Å². The van der Waals surface area contributed by atoms with Gasteiger partial charge in [-0.2, -0.15) is 4.52 Å². The molecule has 2 atom stereocenters. The summed E-state index contributed by atoms with van der Waals surface area (Å²) in [7, 11) is 0. The zero-order chi connectivity index (χ0) is 21.0. The number of nitrogens with two attached hydrogens (primary N) is 1. The van der Waals surface area contributed by atoms with Gasteiger partial charge in [-0.3, -0.25) is 4.79 Å². The minimum atomic E-state index is -0.820. The van der Waals surface area contributed by atoms with Crippen LogP contribution >= 0.6 is 0 Å². The lowest BCUT2D eigenvalue weighted by atomic mass is 9.92. The molecule has 5 rings (SSSR count). The molecule has 0 radical (unpaired) electrons. The number of aromatic nitrogens is 5. The van der Waals surface area contributed by atoms with Crippen LogP contribution < -0.4 is 5.73 Å². The first kappa shape index (κ1) is 18.4. The summed E-state index contributed by atoms with van der Waals surface area (Å²) in [5, 5.41) is 8.20. The number of nitrogens with zero attached hydrogens (tertiary/aromatic N) is 6. The minimum Gasteiger partial charge on any atom is -0.368 e. The van der Waals surface area contributed by atoms with Crippen LogP contribution in [0.1, 0.15) is 42.1 Å². The van der Waals surface area contributed by atoms with Crippen molar-refractivity contribution >= 4 is 28.4 Å². The largest absolute Gasteiger partial charge is 0.368 e. The quantitative estimate of drug-likeness (QED) is 0.537. The van der Waals surface area contributed by atoms with E-state index in [1.807, 2.05) is 6.92 Å². The molecular formula is C19H17F2N7O2. The second-order valence-electron chi connectivity index (χ2n) is 7.42. The maximum Gasteiger partial charge on any atom is 0.292 e. The zero-order valence-corrected chi connectivity index (χ0v) is 15.9. The monoisotopic (exact) mass is 413 g/mol. The lowest BCUT2D eigenvalue weighted by Gasteiger charge is -2.36. The fraction of sp³-hybridized carbons (Fsp3) is 0.316. The van der Waals surface area contributed by atoms with Gasteiger partial charge in [0.1, 0.15) is 11.3 Å². The van der Waals surface area contributed by atoms with Crippen molar-refractivity contribution in [3.63, 3.8) is 0 Å². The third kappa shape index (κ3) is 2.85. The number of rotatable bonds is 2. The maximum absolute atomic E-state index is 14.2. The predicted octanol–water partition coefficient (Wildman–Crippen LogP) is 2.53. The van der Waals surface area contributed by atoms with Crippen LogP contribution in [0.5, 0.6) is 0 Å². The van der Waals surface area contributed by atoms with Crippen LogP contribution in [0.2, 0.25) is 0 Å². The van der Waals surface area contributed by atoms with Gasteiger partial charge in [-0.05, 0) is 25.8 Å². The SMILES string of the molecule is C[C@H]1CC[C@@H](c2nc3c4cc(F)cc(F)c4nc(N)n3n2)CN1C(=O)c1ccno1. The average Bonchev–Trinajstić information content (AvgIpc) is 3.39. The molecule has 0 bridgehead atoms. The first-order valence-corrected chi connectivity index (χ1v) is 9.45. The highest BCUT2D eigenvalue weighted by molar-refractivity contribution is 5.93. The zero-order valence-electron chi connectivity index (χ0n) is 15.9. The number of hydrogen-bond donors (Lipinski definition) is 1. The fourth-order valence-corrected chi connectivity index (χ4v) is 3.92. The molecule has 0 unspecified atom stereocenters. The molecule has 4 heterocycles. The Balaban J connectivity index is 1.55. The van der Waals surface area contributed by atoms with Crippen LogP contribution in [-0.4, -0.2) is 48.1 Å². The highest BCUT2D eigenvalue weighted by atomic mass is 19.1. The third-order valence-corrected chi connectivity index (χ3v) is 5.49. The van der Waals surface area contributed by atoms with Crippen molar-refractivity contribution in [1.82, 2.24) is 29.6 Å². The molecule has 4 aromatic rings. The first-order chi connectivity index (χ1) is 14.4. The van der Waals surface area contributed by atoms with Gasteiger partial charge in [-0.1, -0.05) is 5.16 Å². The Morgan fingerprint density at radius 2 is 2.10 bits per heavy atom. The number of anilines is 1. The molecule has 0 spiro atoms. The summed E-state index contributed by atoms with van der Waals surface area (Å²) < 4.78 is 34.2. The molecule has 154 valence electrons. The summed E-state index contributed by atoms with van der Waals surface area (Å²) in [4.78, 5) is 23.0. The van der Waals surface area contributed by atoms with Crippen molar-refractivity contribution in [3.05, 3.63) is 47.6 Å². The molecule has 1 amide bonds. The number of amides is 1. The molecule has 1 aliphatic rings. The standard InChI is InChI=1S/C19H17F2N7O2/c1-9-2-3-10(8-27(9)18(29)14-4-5-23-30-14)16-25-17-12-6-11(20)7-13(21)15(12)24-19(22)28(17)26-16/h4-7,9-10H,2-3,8H2,1H3,(H2,22,24)/t9-,10+/m0/s1. The number of nitrogen functional groups attached to an aromatic ring is 1. The van der Waals surface area contributed by atoms with Gasteiger partial charge in [-0.15, -0.1) is 5.10 Å². The summed E-state index contributed by atoms with van der Waals surface area (Å²) in [6.45, 7) is 2.33. The Morgan fingerprint density at radius 3 is 2.87 bits per heavy atom. The van der Waals surface area contributed by atoms with Crippen molar-refractivity contribution in [2.75, 3.05) is 12.3 Å². The number of fused-ring (bicyclic) bond motifs is 3. The van der Waals surface area contributed by atoms with Crippen LogP contribution in [0, 0.1) is 11.6 Å². The lowest BCUT2D eigenvalue weighted by Crippen LogP contribution is -2.45. The minimum absolute atomic E-state index is 0.00615. The van der Waals surface area contributed by atoms with Crippen LogP contribution in [-0.2, 0) is 0 Å². The smallest absolute Gasteiger partial charge is 0.292 e. The van der Waals surface area contributed by atoms with Crippen molar-refractivity contribution in [2.45, 2.75) is 31.7 Å². The molecular weight excluding hydrogens is 396 g/mol. The highest BCUT2D eigenvalue weighted by Gasteiger charge is 2.34. The number of hydrogen-bond acceptors (Lipinski definition) is 7. The Labute approximate surface area is 168 Å². The number of piperidine rings is 1. The summed E-state index contributed by atoms with van der Waals surface area (Å²) in [5.41, 5.74) is 6.09. The molecule has 2 N–H and O–H groups in total. The van der Waals surface area contributed by atoms with Crippen molar-refractivity contribution in [1.29, 1.82) is 0 Å². The van der Waals surface area contributed by atoms with Crippen molar-refractivity contribution < 1.29 is 18.1 Å². The van der Waals surface area contributed by atoms with E-state index in [1.54, 1.807) is 4.90 Å². The first-order valence-electron chi connectivity index (χ1n) is 9.45. The Hall–Kier alpha value is -3.63. The van der Waals surface area contributed by atoms with Crippen molar-refractivity contribution in [2.24, 2.45) is 0 Å².